The summed E-state index contributed by atoms with van der Waals surface area (Å²) in [6.45, 7) is 2.24. The van der Waals surface area contributed by atoms with E-state index in [0.29, 0.717) is 6.42 Å². The summed E-state index contributed by atoms with van der Waals surface area (Å²) in [5.74, 6) is -0.658. The van der Waals surface area contributed by atoms with E-state index in [2.05, 4.69) is 6.92 Å². The van der Waals surface area contributed by atoms with Crippen LogP contribution < -0.4 is 0 Å². The predicted octanol–water partition coefficient (Wildman–Crippen LogP) is 4.38. The first kappa shape index (κ1) is 18.6. The van der Waals surface area contributed by atoms with Crippen LogP contribution in [0.3, 0.4) is 0 Å². The number of carbonyl (C=O) groups is 1. The monoisotopic (exact) mass is 321 g/mol. The van der Waals surface area contributed by atoms with Crippen molar-refractivity contribution in [1.29, 1.82) is 0 Å². The second-order valence-corrected chi connectivity index (χ2v) is 4.33. The minimum atomic E-state index is -0.658. The Balaban J connectivity index is 0. The Kier molecular flexibility index (Phi) is 17.7. The number of unbranched alkanes of at least 4 members (excludes halogenated alkanes) is 9. The summed E-state index contributed by atoms with van der Waals surface area (Å²) in [6, 6.07) is 0. The molecular weight excluding hydrogens is 296 g/mol. The summed E-state index contributed by atoms with van der Waals surface area (Å²) >= 11 is 0. The van der Waals surface area contributed by atoms with E-state index < -0.39 is 5.97 Å². The third-order valence-corrected chi connectivity index (χ3v) is 2.74. The zero-order valence-electron chi connectivity index (χ0n) is 10.4. The van der Waals surface area contributed by atoms with Crippen molar-refractivity contribution in [3.8, 4) is 0 Å². The van der Waals surface area contributed by atoms with Crippen molar-refractivity contribution >= 4 is 5.97 Å². The van der Waals surface area contributed by atoms with E-state index in [1.54, 1.807) is 0 Å². The molecule has 0 aromatic carbocycles. The first-order valence-corrected chi connectivity index (χ1v) is 6.49. The molecule has 0 spiro atoms. The predicted molar refractivity (Wildman–Crippen MR) is 64.1 cm³/mol. The van der Waals surface area contributed by atoms with Gasteiger partial charge in [0, 0.05) is 28.8 Å². The van der Waals surface area contributed by atoms with Crippen molar-refractivity contribution in [2.45, 2.75) is 77.6 Å². The Morgan fingerprint density at radius 3 is 1.56 bits per heavy atom. The van der Waals surface area contributed by atoms with Gasteiger partial charge in [0.05, 0.1) is 0 Å². The Bertz CT molecular complexity index is 149. The van der Waals surface area contributed by atoms with Crippen molar-refractivity contribution in [2.24, 2.45) is 0 Å². The molecule has 2 nitrogen and oxygen atoms in total. The van der Waals surface area contributed by atoms with Crippen LogP contribution in [0.25, 0.3) is 0 Å². The average molecular weight is 322 g/mol. The van der Waals surface area contributed by atoms with E-state index in [9.17, 15) is 4.79 Å². The molecule has 0 fully saturated rings. The van der Waals surface area contributed by atoms with Crippen LogP contribution in [0.2, 0.25) is 0 Å². The summed E-state index contributed by atoms with van der Waals surface area (Å²) < 4.78 is 0. The van der Waals surface area contributed by atoms with Gasteiger partial charge in [-0.05, 0) is 6.42 Å². The quantitative estimate of drug-likeness (QED) is 0.453. The van der Waals surface area contributed by atoms with E-state index in [1.165, 1.54) is 51.4 Å². The van der Waals surface area contributed by atoms with Gasteiger partial charge in [0.15, 0.2) is 0 Å². The standard InChI is InChI=1S/C13H26O2.Ag/c1-2-3-4-5-6-7-8-9-10-11-12-13(14)15;/h2-12H2,1H3,(H,14,15);. The van der Waals surface area contributed by atoms with Gasteiger partial charge in [-0.2, -0.15) is 0 Å². The third-order valence-electron chi connectivity index (χ3n) is 2.74. The van der Waals surface area contributed by atoms with Gasteiger partial charge in [-0.25, -0.2) is 0 Å². The van der Waals surface area contributed by atoms with Crippen LogP contribution in [0, 0.1) is 0 Å². The number of hydrogen-bond donors (Lipinski definition) is 1. The number of aliphatic carboxylic acids is 1. The summed E-state index contributed by atoms with van der Waals surface area (Å²) in [7, 11) is 0. The van der Waals surface area contributed by atoms with Crippen molar-refractivity contribution < 1.29 is 32.3 Å². The summed E-state index contributed by atoms with van der Waals surface area (Å²) in [4.78, 5) is 10.2. The van der Waals surface area contributed by atoms with Crippen LogP contribution in [0.1, 0.15) is 77.6 Å². The van der Waals surface area contributed by atoms with Gasteiger partial charge >= 0.3 is 5.97 Å². The fourth-order valence-corrected chi connectivity index (χ4v) is 1.76. The van der Waals surface area contributed by atoms with Crippen LogP contribution in [0.4, 0.5) is 0 Å². The maximum absolute atomic E-state index is 10.2. The number of carboxylic acid groups (broad SMARTS) is 1. The summed E-state index contributed by atoms with van der Waals surface area (Å²) in [6.07, 6.45) is 12.9. The molecular formula is C13H26AgO2. The number of carboxylic acids is 1. The van der Waals surface area contributed by atoms with E-state index in [0.717, 1.165) is 12.8 Å². The first-order valence-electron chi connectivity index (χ1n) is 6.49. The second kappa shape index (κ2) is 15.2. The minimum Gasteiger partial charge on any atom is -0.481 e. The second-order valence-electron chi connectivity index (χ2n) is 4.33. The van der Waals surface area contributed by atoms with Crippen molar-refractivity contribution in [1.82, 2.24) is 0 Å². The molecule has 3 heteroatoms. The largest absolute Gasteiger partial charge is 0.481 e. The van der Waals surface area contributed by atoms with Gasteiger partial charge in [-0.15, -0.1) is 0 Å². The Morgan fingerprint density at radius 2 is 1.19 bits per heavy atom. The zero-order chi connectivity index (χ0) is 11.4. The number of rotatable bonds is 11. The molecule has 0 saturated heterocycles. The maximum atomic E-state index is 10.2. The van der Waals surface area contributed by atoms with Gasteiger partial charge in [-0.1, -0.05) is 64.7 Å². The zero-order valence-corrected chi connectivity index (χ0v) is 11.9. The van der Waals surface area contributed by atoms with Crippen LogP contribution in [0.5, 0.6) is 0 Å². The summed E-state index contributed by atoms with van der Waals surface area (Å²) in [5, 5.41) is 8.44. The molecule has 0 aromatic heterocycles. The third kappa shape index (κ3) is 16.6. The molecule has 0 aliphatic carbocycles. The van der Waals surface area contributed by atoms with Crippen molar-refractivity contribution in [3.63, 3.8) is 0 Å². The molecule has 0 rings (SSSR count). The Morgan fingerprint density at radius 1 is 0.812 bits per heavy atom. The molecule has 0 atom stereocenters. The topological polar surface area (TPSA) is 37.3 Å². The Labute approximate surface area is 116 Å². The fourth-order valence-electron chi connectivity index (χ4n) is 1.76. The SMILES string of the molecule is CCCCCCCCCCCCC(=O)O.[Ag]. The normalized spacial score (nSPS) is 9.81. The molecule has 0 aliphatic heterocycles. The molecule has 0 aliphatic rings. The molecule has 0 saturated carbocycles. The van der Waals surface area contributed by atoms with Crippen molar-refractivity contribution in [2.75, 3.05) is 0 Å². The Hall–Kier alpha value is 0.210. The van der Waals surface area contributed by atoms with E-state index in [1.807, 2.05) is 0 Å². The average Bonchev–Trinajstić information content (AvgIpc) is 2.20. The van der Waals surface area contributed by atoms with E-state index in [4.69, 9.17) is 5.11 Å². The van der Waals surface area contributed by atoms with Crippen LogP contribution in [-0.4, -0.2) is 11.1 Å². The fraction of sp³-hybridized carbons (Fsp3) is 0.923. The molecule has 1 N–H and O–H groups in total. The van der Waals surface area contributed by atoms with Crippen LogP contribution >= 0.6 is 0 Å². The molecule has 0 unspecified atom stereocenters. The summed E-state index contributed by atoms with van der Waals surface area (Å²) in [5.41, 5.74) is 0. The molecule has 0 heterocycles. The van der Waals surface area contributed by atoms with Gasteiger partial charge in [0.2, 0.25) is 0 Å². The van der Waals surface area contributed by atoms with Crippen molar-refractivity contribution in [3.05, 3.63) is 0 Å². The molecule has 0 amide bonds. The molecule has 1 radical (unpaired) electrons. The molecule has 101 valence electrons. The van der Waals surface area contributed by atoms with Gasteiger partial charge in [0.25, 0.3) is 0 Å². The van der Waals surface area contributed by atoms with Crippen LogP contribution in [-0.2, 0) is 27.2 Å². The van der Waals surface area contributed by atoms with Crippen LogP contribution in [0.15, 0.2) is 0 Å². The van der Waals surface area contributed by atoms with Gasteiger partial charge in [0.1, 0.15) is 0 Å². The molecule has 16 heavy (non-hydrogen) atoms. The van der Waals surface area contributed by atoms with Gasteiger partial charge < -0.3 is 5.11 Å². The first-order chi connectivity index (χ1) is 7.27. The van der Waals surface area contributed by atoms with E-state index >= 15 is 0 Å². The molecule has 0 aromatic rings. The molecule has 0 bridgehead atoms. The number of hydrogen-bond acceptors (Lipinski definition) is 1. The smallest absolute Gasteiger partial charge is 0.303 e. The minimum absolute atomic E-state index is 0. The van der Waals surface area contributed by atoms with Gasteiger partial charge in [-0.3, -0.25) is 4.79 Å². The maximum Gasteiger partial charge on any atom is 0.303 e. The van der Waals surface area contributed by atoms with E-state index in [-0.39, 0.29) is 22.4 Å².